The number of carbonyl (C=O) groups excluding carboxylic acids is 1. The fraction of sp³-hybridized carbons (Fsp3) is 0.400. The van der Waals surface area contributed by atoms with Gasteiger partial charge in [-0.05, 0) is 55.6 Å². The van der Waals surface area contributed by atoms with Crippen molar-refractivity contribution >= 4 is 23.1 Å². The molecule has 1 aliphatic rings. The maximum Gasteiger partial charge on any atom is 0.253 e. The van der Waals surface area contributed by atoms with Crippen LogP contribution in [0.1, 0.15) is 33.8 Å². The fourth-order valence-electron chi connectivity index (χ4n) is 2.43. The van der Waals surface area contributed by atoms with Gasteiger partial charge in [-0.15, -0.1) is 5.10 Å². The van der Waals surface area contributed by atoms with E-state index in [4.69, 9.17) is 0 Å². The molecule has 0 atom stereocenters. The van der Waals surface area contributed by atoms with Gasteiger partial charge < -0.3 is 10.2 Å². The highest BCUT2D eigenvalue weighted by Crippen LogP contribution is 2.17. The van der Waals surface area contributed by atoms with Crippen molar-refractivity contribution in [3.8, 4) is 0 Å². The predicted molar refractivity (Wildman–Crippen MR) is 83.6 cm³/mol. The summed E-state index contributed by atoms with van der Waals surface area (Å²) in [5.74, 6) is 0.140. The van der Waals surface area contributed by atoms with Crippen LogP contribution in [0, 0.1) is 6.92 Å². The lowest BCUT2D eigenvalue weighted by molar-refractivity contribution is 0.0793. The number of nitrogens with one attached hydrogen (secondary N) is 1. The van der Waals surface area contributed by atoms with E-state index in [1.165, 1.54) is 11.5 Å². The Morgan fingerprint density at radius 1 is 1.29 bits per heavy atom. The minimum atomic E-state index is 0.140. The average Bonchev–Trinajstić information content (AvgIpc) is 3.17. The van der Waals surface area contributed by atoms with Crippen molar-refractivity contribution in [1.82, 2.24) is 14.5 Å². The zero-order valence-corrected chi connectivity index (χ0v) is 12.8. The van der Waals surface area contributed by atoms with Crippen LogP contribution in [0.2, 0.25) is 0 Å². The molecule has 0 spiro atoms. The summed E-state index contributed by atoms with van der Waals surface area (Å²) in [4.78, 5) is 15.3. The second-order valence-corrected chi connectivity index (χ2v) is 6.05. The van der Waals surface area contributed by atoms with Gasteiger partial charge in [0.1, 0.15) is 0 Å². The Balaban J connectivity index is 1.61. The number of aromatic nitrogens is 2. The highest BCUT2D eigenvalue weighted by Gasteiger charge is 2.19. The van der Waals surface area contributed by atoms with E-state index in [1.54, 1.807) is 0 Å². The molecular formula is C15H18N4OS. The minimum Gasteiger partial charge on any atom is -0.380 e. The number of benzene rings is 1. The van der Waals surface area contributed by atoms with Crippen LogP contribution in [0.5, 0.6) is 0 Å². The molecule has 1 N–H and O–H groups in total. The lowest BCUT2D eigenvalue weighted by Crippen LogP contribution is -2.27. The highest BCUT2D eigenvalue weighted by atomic mass is 32.1. The molecule has 1 aliphatic heterocycles. The molecule has 3 rings (SSSR count). The summed E-state index contributed by atoms with van der Waals surface area (Å²) in [7, 11) is 0. The first-order chi connectivity index (χ1) is 10.2. The predicted octanol–water partition coefficient (Wildman–Crippen LogP) is 2.69. The molecular weight excluding hydrogens is 284 g/mol. The van der Waals surface area contributed by atoms with Crippen LogP contribution in [0.4, 0.5) is 5.69 Å². The number of hydrogen-bond acceptors (Lipinski definition) is 5. The van der Waals surface area contributed by atoms with Crippen LogP contribution < -0.4 is 5.32 Å². The number of aryl methyl sites for hydroxylation is 1. The molecule has 5 nitrogen and oxygen atoms in total. The summed E-state index contributed by atoms with van der Waals surface area (Å²) in [6.07, 6.45) is 2.24. The number of carbonyl (C=O) groups is 1. The number of nitrogens with zero attached hydrogens (tertiary/aromatic N) is 3. The lowest BCUT2D eigenvalue weighted by Gasteiger charge is -2.15. The summed E-state index contributed by atoms with van der Waals surface area (Å²) >= 11 is 1.41. The zero-order chi connectivity index (χ0) is 14.7. The van der Waals surface area contributed by atoms with Gasteiger partial charge >= 0.3 is 0 Å². The Morgan fingerprint density at radius 2 is 2.00 bits per heavy atom. The van der Waals surface area contributed by atoms with Gasteiger partial charge in [0.25, 0.3) is 5.91 Å². The molecule has 0 bridgehead atoms. The van der Waals surface area contributed by atoms with Gasteiger partial charge in [-0.3, -0.25) is 4.79 Å². The van der Waals surface area contributed by atoms with E-state index in [-0.39, 0.29) is 5.91 Å². The van der Waals surface area contributed by atoms with Crippen LogP contribution in [-0.2, 0) is 6.54 Å². The number of rotatable bonds is 4. The van der Waals surface area contributed by atoms with E-state index in [0.717, 1.165) is 47.8 Å². The van der Waals surface area contributed by atoms with Crippen molar-refractivity contribution in [2.45, 2.75) is 26.3 Å². The summed E-state index contributed by atoms with van der Waals surface area (Å²) in [6.45, 7) is 4.44. The van der Waals surface area contributed by atoms with Gasteiger partial charge in [0.05, 0.1) is 17.1 Å². The molecule has 1 aromatic carbocycles. The molecule has 0 aliphatic carbocycles. The largest absolute Gasteiger partial charge is 0.380 e. The summed E-state index contributed by atoms with van der Waals surface area (Å²) in [6, 6.07) is 7.68. The van der Waals surface area contributed by atoms with E-state index < -0.39 is 0 Å². The Bertz CT molecular complexity index is 617. The van der Waals surface area contributed by atoms with Crippen molar-refractivity contribution in [2.24, 2.45) is 0 Å². The van der Waals surface area contributed by atoms with Gasteiger partial charge in [0, 0.05) is 24.3 Å². The molecule has 2 aromatic rings. The fourth-order valence-corrected chi connectivity index (χ4v) is 3.00. The van der Waals surface area contributed by atoms with Crippen molar-refractivity contribution < 1.29 is 4.79 Å². The van der Waals surface area contributed by atoms with Crippen molar-refractivity contribution in [2.75, 3.05) is 18.4 Å². The van der Waals surface area contributed by atoms with E-state index in [1.807, 2.05) is 36.1 Å². The molecule has 1 aromatic heterocycles. The third kappa shape index (κ3) is 3.21. The summed E-state index contributed by atoms with van der Waals surface area (Å²) < 4.78 is 3.92. The van der Waals surface area contributed by atoms with E-state index in [0.29, 0.717) is 6.54 Å². The topological polar surface area (TPSA) is 58.1 Å². The van der Waals surface area contributed by atoms with Crippen molar-refractivity contribution in [1.29, 1.82) is 0 Å². The average molecular weight is 302 g/mol. The Labute approximate surface area is 128 Å². The van der Waals surface area contributed by atoms with Gasteiger partial charge in [-0.1, -0.05) is 4.49 Å². The molecule has 0 unspecified atom stereocenters. The van der Waals surface area contributed by atoms with Gasteiger partial charge in [0.2, 0.25) is 0 Å². The van der Waals surface area contributed by atoms with Crippen LogP contribution in [0.25, 0.3) is 0 Å². The molecule has 1 fully saturated rings. The quantitative estimate of drug-likeness (QED) is 0.943. The number of anilines is 1. The molecule has 0 radical (unpaired) electrons. The Hall–Kier alpha value is -1.95. The van der Waals surface area contributed by atoms with Crippen molar-refractivity contribution in [3.05, 3.63) is 40.4 Å². The molecule has 0 saturated carbocycles. The third-order valence-corrected chi connectivity index (χ3v) is 4.55. The third-order valence-electron chi connectivity index (χ3n) is 3.72. The molecule has 1 amide bonds. The first-order valence-electron chi connectivity index (χ1n) is 7.15. The van der Waals surface area contributed by atoms with Crippen LogP contribution >= 0.6 is 11.5 Å². The molecule has 1 saturated heterocycles. The van der Waals surface area contributed by atoms with Crippen LogP contribution in [0.3, 0.4) is 0 Å². The monoisotopic (exact) mass is 302 g/mol. The maximum atomic E-state index is 12.2. The van der Waals surface area contributed by atoms with Gasteiger partial charge in [0.15, 0.2) is 0 Å². The van der Waals surface area contributed by atoms with Crippen LogP contribution in [-0.4, -0.2) is 33.5 Å². The number of likely N-dealkylation sites (tertiary alicyclic amines) is 1. The summed E-state index contributed by atoms with van der Waals surface area (Å²) in [5, 5.41) is 7.32. The standard InChI is InChI=1S/C15H18N4OS/c1-11-14(21-18-17-11)10-16-13-6-4-12(5-7-13)15(20)19-8-2-3-9-19/h4-7,16H,2-3,8-10H2,1H3. The normalized spacial score (nSPS) is 14.4. The molecule has 2 heterocycles. The van der Waals surface area contributed by atoms with Gasteiger partial charge in [-0.25, -0.2) is 0 Å². The second kappa shape index (κ2) is 6.22. The van der Waals surface area contributed by atoms with E-state index in [9.17, 15) is 4.79 Å². The number of amides is 1. The maximum absolute atomic E-state index is 12.2. The van der Waals surface area contributed by atoms with E-state index in [2.05, 4.69) is 14.9 Å². The van der Waals surface area contributed by atoms with Crippen LogP contribution in [0.15, 0.2) is 24.3 Å². The second-order valence-electron chi connectivity index (χ2n) is 5.21. The Morgan fingerprint density at radius 3 is 2.62 bits per heavy atom. The zero-order valence-electron chi connectivity index (χ0n) is 12.0. The summed E-state index contributed by atoms with van der Waals surface area (Å²) in [5.41, 5.74) is 2.73. The first-order valence-corrected chi connectivity index (χ1v) is 7.92. The Kier molecular flexibility index (Phi) is 4.15. The highest BCUT2D eigenvalue weighted by molar-refractivity contribution is 7.05. The number of hydrogen-bond donors (Lipinski definition) is 1. The van der Waals surface area contributed by atoms with E-state index >= 15 is 0 Å². The molecule has 21 heavy (non-hydrogen) atoms. The van der Waals surface area contributed by atoms with Gasteiger partial charge in [-0.2, -0.15) is 0 Å². The molecule has 110 valence electrons. The van der Waals surface area contributed by atoms with Crippen molar-refractivity contribution in [3.63, 3.8) is 0 Å². The minimum absolute atomic E-state index is 0.140. The first kappa shape index (κ1) is 14.0. The SMILES string of the molecule is Cc1nnsc1CNc1ccc(C(=O)N2CCCC2)cc1. The smallest absolute Gasteiger partial charge is 0.253 e. The lowest BCUT2D eigenvalue weighted by atomic mass is 10.2. The molecule has 6 heteroatoms.